The molecule has 0 N–H and O–H groups in total. The Morgan fingerprint density at radius 2 is 1.75 bits per heavy atom. The van der Waals surface area contributed by atoms with Crippen molar-refractivity contribution >= 4 is 18.0 Å². The molecule has 0 aliphatic carbocycles. The van der Waals surface area contributed by atoms with Crippen LogP contribution < -0.4 is 4.74 Å². The number of carbonyl (C=O) groups is 2. The molecule has 6 heteroatoms. The number of carbonyl (C=O) groups excluding carboxylic acids is 2. The zero-order valence-electron chi connectivity index (χ0n) is 14.5. The Bertz CT molecular complexity index is 554. The molecule has 0 heterocycles. The van der Waals surface area contributed by atoms with Crippen LogP contribution >= 0.6 is 0 Å². The first-order valence-corrected chi connectivity index (χ1v) is 7.58. The zero-order valence-corrected chi connectivity index (χ0v) is 14.5. The second-order valence-corrected chi connectivity index (χ2v) is 5.91. The quantitative estimate of drug-likeness (QED) is 0.413. The predicted molar refractivity (Wildman–Crippen MR) is 89.7 cm³/mol. The molecule has 24 heavy (non-hydrogen) atoms. The summed E-state index contributed by atoms with van der Waals surface area (Å²) in [4.78, 5) is 22.9. The molecule has 6 nitrogen and oxygen atoms in total. The van der Waals surface area contributed by atoms with Gasteiger partial charge in [-0.15, -0.1) is 0 Å². The average molecular weight is 336 g/mol. The predicted octanol–water partition coefficient (Wildman–Crippen LogP) is 2.61. The van der Waals surface area contributed by atoms with Crippen LogP contribution in [-0.4, -0.2) is 44.5 Å². The average Bonchev–Trinajstić information content (AvgIpc) is 2.51. The van der Waals surface area contributed by atoms with E-state index in [1.54, 1.807) is 46.1 Å². The summed E-state index contributed by atoms with van der Waals surface area (Å²) in [6, 6.07) is 7.25. The third-order valence-corrected chi connectivity index (χ3v) is 2.64. The lowest BCUT2D eigenvalue weighted by Crippen LogP contribution is -2.27. The van der Waals surface area contributed by atoms with Gasteiger partial charge in [0.15, 0.2) is 0 Å². The van der Waals surface area contributed by atoms with Crippen LogP contribution in [0.25, 0.3) is 6.08 Å². The van der Waals surface area contributed by atoms with Gasteiger partial charge in [-0.25, -0.2) is 9.59 Å². The van der Waals surface area contributed by atoms with Gasteiger partial charge in [0.2, 0.25) is 0 Å². The first-order chi connectivity index (χ1) is 11.3. The largest absolute Gasteiger partial charge is 0.497 e. The van der Waals surface area contributed by atoms with Gasteiger partial charge in [-0.1, -0.05) is 12.1 Å². The summed E-state index contributed by atoms with van der Waals surface area (Å²) >= 11 is 0. The molecule has 0 saturated heterocycles. The highest BCUT2D eigenvalue weighted by molar-refractivity contribution is 5.87. The number of hydrogen-bond acceptors (Lipinski definition) is 6. The van der Waals surface area contributed by atoms with Crippen molar-refractivity contribution < 1.29 is 28.5 Å². The van der Waals surface area contributed by atoms with E-state index in [0.717, 1.165) is 11.3 Å². The van der Waals surface area contributed by atoms with Crippen molar-refractivity contribution in [2.45, 2.75) is 26.4 Å². The molecule has 0 atom stereocenters. The first kappa shape index (κ1) is 19.7. The maximum Gasteiger partial charge on any atom is 0.332 e. The highest BCUT2D eigenvalue weighted by atomic mass is 16.6. The van der Waals surface area contributed by atoms with Crippen molar-refractivity contribution in [3.8, 4) is 5.75 Å². The lowest BCUT2D eigenvalue weighted by Gasteiger charge is -2.19. The SMILES string of the molecule is COc1ccc(/C=C/C(=O)OCCOCC(=O)OC(C)(C)C)cc1. The van der Waals surface area contributed by atoms with E-state index in [1.165, 1.54) is 6.08 Å². The smallest absolute Gasteiger partial charge is 0.332 e. The monoisotopic (exact) mass is 336 g/mol. The van der Waals surface area contributed by atoms with Gasteiger partial charge in [0.1, 0.15) is 24.6 Å². The van der Waals surface area contributed by atoms with Crippen LogP contribution in [0.15, 0.2) is 30.3 Å². The molecule has 0 aliphatic rings. The molecule has 1 rings (SSSR count). The zero-order chi connectivity index (χ0) is 18.0. The lowest BCUT2D eigenvalue weighted by atomic mass is 10.2. The molecule has 1 aromatic rings. The van der Waals surface area contributed by atoms with Crippen LogP contribution in [0, 0.1) is 0 Å². The summed E-state index contributed by atoms with van der Waals surface area (Å²) in [6.07, 6.45) is 2.97. The van der Waals surface area contributed by atoms with Gasteiger partial charge in [-0.3, -0.25) is 0 Å². The minimum absolute atomic E-state index is 0.0641. The molecule has 0 unspecified atom stereocenters. The van der Waals surface area contributed by atoms with Crippen molar-refractivity contribution in [3.05, 3.63) is 35.9 Å². The number of benzene rings is 1. The molecule has 132 valence electrons. The Hall–Kier alpha value is -2.34. The van der Waals surface area contributed by atoms with Crippen molar-refractivity contribution in [1.29, 1.82) is 0 Å². The molecule has 0 amide bonds. The maximum atomic E-state index is 11.5. The number of rotatable bonds is 8. The fraction of sp³-hybridized carbons (Fsp3) is 0.444. The van der Waals surface area contributed by atoms with E-state index in [2.05, 4.69) is 0 Å². The van der Waals surface area contributed by atoms with E-state index >= 15 is 0 Å². The van der Waals surface area contributed by atoms with Gasteiger partial charge in [-0.2, -0.15) is 0 Å². The summed E-state index contributed by atoms with van der Waals surface area (Å²) in [5, 5.41) is 0. The second kappa shape index (κ2) is 9.72. The molecule has 0 aliphatic heterocycles. The van der Waals surface area contributed by atoms with E-state index in [1.807, 2.05) is 12.1 Å². The van der Waals surface area contributed by atoms with E-state index in [9.17, 15) is 9.59 Å². The molecule has 1 aromatic carbocycles. The molecule has 0 aromatic heterocycles. The Morgan fingerprint density at radius 1 is 1.08 bits per heavy atom. The van der Waals surface area contributed by atoms with Crippen LogP contribution in [0.3, 0.4) is 0 Å². The van der Waals surface area contributed by atoms with Crippen molar-refractivity contribution in [2.75, 3.05) is 26.9 Å². The Labute approximate surface area is 142 Å². The first-order valence-electron chi connectivity index (χ1n) is 7.58. The van der Waals surface area contributed by atoms with Crippen LogP contribution in [0.5, 0.6) is 5.75 Å². The molecule has 0 radical (unpaired) electrons. The molecule has 0 spiro atoms. The van der Waals surface area contributed by atoms with E-state index in [-0.39, 0.29) is 19.8 Å². The van der Waals surface area contributed by atoms with E-state index in [4.69, 9.17) is 18.9 Å². The third-order valence-electron chi connectivity index (χ3n) is 2.64. The normalized spacial score (nSPS) is 11.3. The Morgan fingerprint density at radius 3 is 2.33 bits per heavy atom. The molecule has 0 fully saturated rings. The molecular weight excluding hydrogens is 312 g/mol. The Balaban J connectivity index is 2.19. The fourth-order valence-corrected chi connectivity index (χ4v) is 1.66. The van der Waals surface area contributed by atoms with E-state index in [0.29, 0.717) is 0 Å². The maximum absolute atomic E-state index is 11.5. The summed E-state index contributed by atoms with van der Waals surface area (Å²) in [6.45, 7) is 5.36. The lowest BCUT2D eigenvalue weighted by molar-refractivity contribution is -0.160. The highest BCUT2D eigenvalue weighted by Crippen LogP contribution is 2.12. The van der Waals surface area contributed by atoms with Gasteiger partial charge in [0.05, 0.1) is 13.7 Å². The van der Waals surface area contributed by atoms with Crippen LogP contribution in [0.1, 0.15) is 26.3 Å². The number of hydrogen-bond donors (Lipinski definition) is 0. The third kappa shape index (κ3) is 8.95. The van der Waals surface area contributed by atoms with Gasteiger partial charge < -0.3 is 18.9 Å². The summed E-state index contributed by atoms with van der Waals surface area (Å²) in [5.74, 6) is -0.184. The Kier molecular flexibility index (Phi) is 7.98. The van der Waals surface area contributed by atoms with Crippen LogP contribution in [0.2, 0.25) is 0 Å². The summed E-state index contributed by atoms with van der Waals surface area (Å²) in [5.41, 5.74) is 0.313. The number of methoxy groups -OCH3 is 1. The van der Waals surface area contributed by atoms with E-state index < -0.39 is 17.5 Å². The van der Waals surface area contributed by atoms with Crippen LogP contribution in [0.4, 0.5) is 0 Å². The molecule has 0 bridgehead atoms. The van der Waals surface area contributed by atoms with Crippen molar-refractivity contribution in [1.82, 2.24) is 0 Å². The fourth-order valence-electron chi connectivity index (χ4n) is 1.66. The molecular formula is C18H24O6. The van der Waals surface area contributed by atoms with Crippen LogP contribution in [-0.2, 0) is 23.8 Å². The van der Waals surface area contributed by atoms with Gasteiger partial charge in [-0.05, 0) is 44.5 Å². The molecule has 0 saturated carbocycles. The topological polar surface area (TPSA) is 71.1 Å². The number of esters is 2. The van der Waals surface area contributed by atoms with Gasteiger partial charge in [0, 0.05) is 6.08 Å². The second-order valence-electron chi connectivity index (χ2n) is 5.91. The highest BCUT2D eigenvalue weighted by Gasteiger charge is 2.15. The summed E-state index contributed by atoms with van der Waals surface area (Å²) < 4.78 is 20.2. The van der Waals surface area contributed by atoms with Crippen molar-refractivity contribution in [3.63, 3.8) is 0 Å². The standard InChI is InChI=1S/C18H24O6/c1-18(2,3)24-17(20)13-22-11-12-23-16(19)10-7-14-5-8-15(21-4)9-6-14/h5-10H,11-13H2,1-4H3/b10-7+. The minimum Gasteiger partial charge on any atom is -0.497 e. The van der Waals surface area contributed by atoms with Gasteiger partial charge in [0.25, 0.3) is 0 Å². The summed E-state index contributed by atoms with van der Waals surface area (Å²) in [7, 11) is 1.59. The van der Waals surface area contributed by atoms with Gasteiger partial charge >= 0.3 is 11.9 Å². The number of ether oxygens (including phenoxy) is 4. The van der Waals surface area contributed by atoms with Crippen molar-refractivity contribution in [2.24, 2.45) is 0 Å². The minimum atomic E-state index is -0.542.